The number of nitrogens with one attached hydrogen (secondary N) is 3. The third-order valence-corrected chi connectivity index (χ3v) is 3.15. The van der Waals surface area contributed by atoms with E-state index in [2.05, 4.69) is 16.2 Å². The third kappa shape index (κ3) is 4.26. The van der Waals surface area contributed by atoms with Gasteiger partial charge in [0.2, 0.25) is 0 Å². The van der Waals surface area contributed by atoms with E-state index in [1.165, 1.54) is 0 Å². The van der Waals surface area contributed by atoms with Gasteiger partial charge < -0.3 is 9.73 Å². The molecule has 2 aromatic rings. The zero-order valence-corrected chi connectivity index (χ0v) is 13.0. The van der Waals surface area contributed by atoms with Crippen molar-refractivity contribution in [2.24, 2.45) is 0 Å². The number of hydrazine groups is 1. The summed E-state index contributed by atoms with van der Waals surface area (Å²) in [4.78, 5) is 23.5. The maximum absolute atomic E-state index is 11.9. The first-order valence-electron chi connectivity index (χ1n) is 6.61. The second-order valence-corrected chi connectivity index (χ2v) is 5.16. The highest BCUT2D eigenvalue weighted by molar-refractivity contribution is 6.30. The van der Waals surface area contributed by atoms with Crippen LogP contribution < -0.4 is 16.2 Å². The van der Waals surface area contributed by atoms with Crippen LogP contribution in [-0.2, 0) is 6.54 Å². The van der Waals surface area contributed by atoms with Gasteiger partial charge in [0.05, 0.1) is 5.56 Å². The molecule has 1 heterocycles. The summed E-state index contributed by atoms with van der Waals surface area (Å²) in [6.45, 7) is 3.72. The summed E-state index contributed by atoms with van der Waals surface area (Å²) in [6, 6.07) is 8.21. The summed E-state index contributed by atoms with van der Waals surface area (Å²) in [7, 11) is 0. The number of halogens is 1. The van der Waals surface area contributed by atoms with E-state index in [1.54, 1.807) is 38.1 Å². The molecule has 22 heavy (non-hydrogen) atoms. The number of benzene rings is 1. The van der Waals surface area contributed by atoms with Crippen molar-refractivity contribution >= 4 is 23.5 Å². The molecule has 1 aromatic carbocycles. The summed E-state index contributed by atoms with van der Waals surface area (Å²) in [5, 5.41) is 3.20. The fourth-order valence-electron chi connectivity index (χ4n) is 1.91. The molecule has 2 rings (SSSR count). The molecule has 7 heteroatoms. The number of hydrogen-bond donors (Lipinski definition) is 3. The molecule has 1 aromatic heterocycles. The predicted molar refractivity (Wildman–Crippen MR) is 82.5 cm³/mol. The number of amides is 3. The number of carbonyl (C=O) groups is 2. The number of urea groups is 1. The van der Waals surface area contributed by atoms with E-state index in [0.717, 1.165) is 5.56 Å². The minimum Gasteiger partial charge on any atom is -0.466 e. The normalized spacial score (nSPS) is 10.1. The molecular formula is C15H16ClN3O3. The molecule has 0 spiro atoms. The summed E-state index contributed by atoms with van der Waals surface area (Å²) in [5.41, 5.74) is 5.83. The molecule has 0 aliphatic heterocycles. The quantitative estimate of drug-likeness (QED) is 0.760. The van der Waals surface area contributed by atoms with Crippen molar-refractivity contribution in [1.82, 2.24) is 16.2 Å². The molecule has 0 atom stereocenters. The van der Waals surface area contributed by atoms with E-state index in [4.69, 9.17) is 16.0 Å². The van der Waals surface area contributed by atoms with Crippen molar-refractivity contribution in [2.45, 2.75) is 20.4 Å². The van der Waals surface area contributed by atoms with Gasteiger partial charge in [0.25, 0.3) is 5.91 Å². The van der Waals surface area contributed by atoms with Gasteiger partial charge in [-0.1, -0.05) is 23.7 Å². The van der Waals surface area contributed by atoms with Crippen LogP contribution in [0.25, 0.3) is 0 Å². The minimum absolute atomic E-state index is 0.298. The highest BCUT2D eigenvalue weighted by Crippen LogP contribution is 2.13. The molecule has 0 aliphatic rings. The van der Waals surface area contributed by atoms with Crippen LogP contribution in [0.4, 0.5) is 4.79 Å². The van der Waals surface area contributed by atoms with Gasteiger partial charge in [-0.3, -0.25) is 10.2 Å². The van der Waals surface area contributed by atoms with Crippen LogP contribution in [0, 0.1) is 13.8 Å². The number of furan rings is 1. The topological polar surface area (TPSA) is 83.4 Å². The van der Waals surface area contributed by atoms with Gasteiger partial charge in [-0.2, -0.15) is 0 Å². The first kappa shape index (κ1) is 15.9. The van der Waals surface area contributed by atoms with Crippen LogP contribution in [0.3, 0.4) is 0 Å². The fraction of sp³-hybridized carbons (Fsp3) is 0.200. The number of hydrogen-bond acceptors (Lipinski definition) is 3. The molecular weight excluding hydrogens is 306 g/mol. The SMILES string of the molecule is Cc1cc(C(=O)NNC(=O)NCc2cccc(Cl)c2)c(C)o1. The van der Waals surface area contributed by atoms with Crippen LogP contribution in [-0.4, -0.2) is 11.9 Å². The van der Waals surface area contributed by atoms with Gasteiger partial charge in [0, 0.05) is 11.6 Å². The Morgan fingerprint density at radius 3 is 2.59 bits per heavy atom. The average Bonchev–Trinajstić information content (AvgIpc) is 2.81. The van der Waals surface area contributed by atoms with Crippen molar-refractivity contribution in [3.8, 4) is 0 Å². The summed E-state index contributed by atoms with van der Waals surface area (Å²) in [5.74, 6) is 0.691. The number of carbonyl (C=O) groups excluding carboxylic acids is 2. The minimum atomic E-state index is -0.522. The van der Waals surface area contributed by atoms with Gasteiger partial charge >= 0.3 is 6.03 Å². The fourth-order valence-corrected chi connectivity index (χ4v) is 2.12. The lowest BCUT2D eigenvalue weighted by molar-refractivity contribution is 0.0934. The molecule has 0 saturated carbocycles. The van der Waals surface area contributed by atoms with Crippen molar-refractivity contribution < 1.29 is 14.0 Å². The molecule has 6 nitrogen and oxygen atoms in total. The number of rotatable bonds is 3. The van der Waals surface area contributed by atoms with Gasteiger partial charge in [-0.25, -0.2) is 10.2 Å². The maximum Gasteiger partial charge on any atom is 0.333 e. The lowest BCUT2D eigenvalue weighted by atomic mass is 10.2. The lowest BCUT2D eigenvalue weighted by Gasteiger charge is -2.08. The number of aryl methyl sites for hydroxylation is 2. The second kappa shape index (κ2) is 7.00. The zero-order valence-electron chi connectivity index (χ0n) is 12.2. The first-order chi connectivity index (χ1) is 10.5. The molecule has 0 fully saturated rings. The van der Waals surface area contributed by atoms with Crippen LogP contribution in [0.5, 0.6) is 0 Å². The second-order valence-electron chi connectivity index (χ2n) is 4.72. The van der Waals surface area contributed by atoms with Crippen molar-refractivity contribution in [1.29, 1.82) is 0 Å². The smallest absolute Gasteiger partial charge is 0.333 e. The largest absolute Gasteiger partial charge is 0.466 e. The van der Waals surface area contributed by atoms with Gasteiger partial charge in [-0.05, 0) is 37.6 Å². The zero-order chi connectivity index (χ0) is 16.1. The first-order valence-corrected chi connectivity index (χ1v) is 6.99. The Kier molecular flexibility index (Phi) is 5.06. The Hall–Kier alpha value is -2.47. The van der Waals surface area contributed by atoms with E-state index in [0.29, 0.717) is 28.7 Å². The van der Waals surface area contributed by atoms with Crippen LogP contribution in [0.1, 0.15) is 27.4 Å². The summed E-state index contributed by atoms with van der Waals surface area (Å²) in [6.07, 6.45) is 0. The monoisotopic (exact) mass is 321 g/mol. The predicted octanol–water partition coefficient (Wildman–Crippen LogP) is 2.69. The average molecular weight is 322 g/mol. The van der Waals surface area contributed by atoms with E-state index in [9.17, 15) is 9.59 Å². The van der Waals surface area contributed by atoms with Crippen molar-refractivity contribution in [3.63, 3.8) is 0 Å². The van der Waals surface area contributed by atoms with Crippen molar-refractivity contribution in [3.05, 3.63) is 58.0 Å². The Labute approximate surface area is 132 Å². The Morgan fingerprint density at radius 2 is 1.95 bits per heavy atom. The highest BCUT2D eigenvalue weighted by Gasteiger charge is 2.13. The highest BCUT2D eigenvalue weighted by atomic mass is 35.5. The van der Waals surface area contributed by atoms with Gasteiger partial charge in [0.15, 0.2) is 0 Å². The summed E-state index contributed by atoms with van der Waals surface area (Å²) >= 11 is 5.85. The Morgan fingerprint density at radius 1 is 1.18 bits per heavy atom. The Balaban J connectivity index is 1.80. The molecule has 0 bridgehead atoms. The third-order valence-electron chi connectivity index (χ3n) is 2.92. The molecule has 116 valence electrons. The van der Waals surface area contributed by atoms with Crippen LogP contribution in [0.15, 0.2) is 34.7 Å². The summed E-state index contributed by atoms with van der Waals surface area (Å²) < 4.78 is 5.26. The maximum atomic E-state index is 11.9. The van der Waals surface area contributed by atoms with Crippen molar-refractivity contribution in [2.75, 3.05) is 0 Å². The standard InChI is InChI=1S/C15H16ClN3O3/c1-9-6-13(10(2)22-9)14(20)18-19-15(21)17-8-11-4-3-5-12(16)7-11/h3-7H,8H2,1-2H3,(H,18,20)(H2,17,19,21). The van der Waals surface area contributed by atoms with Crippen LogP contribution >= 0.6 is 11.6 Å². The van der Waals surface area contributed by atoms with E-state index in [1.807, 2.05) is 6.07 Å². The van der Waals surface area contributed by atoms with Gasteiger partial charge in [0.1, 0.15) is 11.5 Å². The lowest BCUT2D eigenvalue weighted by Crippen LogP contribution is -2.46. The molecule has 0 radical (unpaired) electrons. The molecule has 3 amide bonds. The van der Waals surface area contributed by atoms with E-state index < -0.39 is 11.9 Å². The van der Waals surface area contributed by atoms with E-state index in [-0.39, 0.29) is 0 Å². The molecule has 0 saturated heterocycles. The van der Waals surface area contributed by atoms with E-state index >= 15 is 0 Å². The molecule has 0 unspecified atom stereocenters. The van der Waals surface area contributed by atoms with Gasteiger partial charge in [-0.15, -0.1) is 0 Å². The Bertz CT molecular complexity index is 697. The molecule has 3 N–H and O–H groups in total. The van der Waals surface area contributed by atoms with Crippen LogP contribution in [0.2, 0.25) is 5.02 Å². The molecule has 0 aliphatic carbocycles.